The summed E-state index contributed by atoms with van der Waals surface area (Å²) in [5.74, 6) is 0.241. The Labute approximate surface area is 213 Å². The Kier molecular flexibility index (Phi) is 7.78. The Balaban J connectivity index is 1.43. The predicted octanol–water partition coefficient (Wildman–Crippen LogP) is 7.09. The van der Waals surface area contributed by atoms with E-state index in [1.807, 2.05) is 30.3 Å². The van der Waals surface area contributed by atoms with Gasteiger partial charge in [0.2, 0.25) is 0 Å². The highest BCUT2D eigenvalue weighted by Gasteiger charge is 2.27. The van der Waals surface area contributed by atoms with E-state index in [4.69, 9.17) is 4.74 Å². The van der Waals surface area contributed by atoms with Crippen molar-refractivity contribution >= 4 is 61.3 Å². The summed E-state index contributed by atoms with van der Waals surface area (Å²) in [4.78, 5) is 13.1. The van der Waals surface area contributed by atoms with Gasteiger partial charge in [0.25, 0.3) is 5.91 Å². The maximum Gasteiger partial charge on any atom is 0.260 e. The second kappa shape index (κ2) is 10.8. The zero-order chi connectivity index (χ0) is 23.4. The van der Waals surface area contributed by atoms with Crippen LogP contribution in [0.25, 0.3) is 6.08 Å². The average molecular weight is 592 g/mol. The SMILES string of the molecule is CCc1ccc(N[C@H]2NC(=O)/C(=C/c3cc(Br)c(OCc4ccc(F)cc4)c(Br)c3)S2)cc1. The number of ether oxygens (including phenoxy) is 1. The topological polar surface area (TPSA) is 50.4 Å². The van der Waals surface area contributed by atoms with Crippen LogP contribution in [0.4, 0.5) is 10.1 Å². The summed E-state index contributed by atoms with van der Waals surface area (Å²) in [6.45, 7) is 2.43. The number of rotatable bonds is 7. The number of amides is 1. The summed E-state index contributed by atoms with van der Waals surface area (Å²) in [6, 6.07) is 18.2. The Morgan fingerprint density at radius 2 is 1.70 bits per heavy atom. The first kappa shape index (κ1) is 23.9. The van der Waals surface area contributed by atoms with Gasteiger partial charge in [-0.25, -0.2) is 4.39 Å². The third-order valence-electron chi connectivity index (χ3n) is 5.01. The molecule has 8 heteroatoms. The van der Waals surface area contributed by atoms with Crippen LogP contribution in [0.2, 0.25) is 0 Å². The van der Waals surface area contributed by atoms with Crippen LogP contribution in [-0.2, 0) is 17.8 Å². The van der Waals surface area contributed by atoms with Crippen molar-refractivity contribution in [3.8, 4) is 5.75 Å². The Hall–Kier alpha value is -2.29. The van der Waals surface area contributed by atoms with Gasteiger partial charge >= 0.3 is 0 Å². The molecule has 1 atom stereocenters. The molecule has 1 heterocycles. The van der Waals surface area contributed by atoms with Crippen molar-refractivity contribution in [2.75, 3.05) is 5.32 Å². The van der Waals surface area contributed by atoms with Crippen LogP contribution >= 0.6 is 43.6 Å². The van der Waals surface area contributed by atoms with Crippen molar-refractivity contribution in [3.05, 3.63) is 97.0 Å². The molecule has 0 bridgehead atoms. The third-order valence-corrected chi connectivity index (χ3v) is 7.21. The molecule has 4 rings (SSSR count). The van der Waals surface area contributed by atoms with Crippen molar-refractivity contribution in [2.45, 2.75) is 25.4 Å². The van der Waals surface area contributed by atoms with Gasteiger partial charge in [-0.2, -0.15) is 0 Å². The van der Waals surface area contributed by atoms with Gasteiger partial charge in [-0.1, -0.05) is 43.0 Å². The van der Waals surface area contributed by atoms with E-state index in [1.165, 1.54) is 29.5 Å². The second-order valence-electron chi connectivity index (χ2n) is 7.40. The molecule has 0 aliphatic carbocycles. The fraction of sp³-hybridized carbons (Fsp3) is 0.160. The molecule has 170 valence electrons. The van der Waals surface area contributed by atoms with E-state index in [2.05, 4.69) is 61.5 Å². The minimum atomic E-state index is -0.279. The third kappa shape index (κ3) is 6.19. The van der Waals surface area contributed by atoms with Crippen LogP contribution in [0, 0.1) is 5.82 Å². The summed E-state index contributed by atoms with van der Waals surface area (Å²) < 4.78 is 20.5. The van der Waals surface area contributed by atoms with Crippen molar-refractivity contribution in [3.63, 3.8) is 0 Å². The molecule has 1 aliphatic rings. The first-order chi connectivity index (χ1) is 15.9. The van der Waals surface area contributed by atoms with Gasteiger partial charge in [0.1, 0.15) is 18.2 Å². The minimum absolute atomic E-state index is 0.119. The lowest BCUT2D eigenvalue weighted by molar-refractivity contribution is -0.116. The quantitative estimate of drug-likeness (QED) is 0.288. The lowest BCUT2D eigenvalue weighted by Crippen LogP contribution is -2.30. The number of halogens is 3. The minimum Gasteiger partial charge on any atom is -0.487 e. The van der Waals surface area contributed by atoms with Gasteiger partial charge in [0, 0.05) is 5.69 Å². The number of hydrogen-bond donors (Lipinski definition) is 2. The maximum atomic E-state index is 13.1. The fourth-order valence-electron chi connectivity index (χ4n) is 3.24. The van der Waals surface area contributed by atoms with Crippen LogP contribution < -0.4 is 15.4 Å². The van der Waals surface area contributed by atoms with Crippen molar-refractivity contribution in [2.24, 2.45) is 0 Å². The van der Waals surface area contributed by atoms with E-state index in [0.717, 1.165) is 32.2 Å². The number of benzene rings is 3. The Morgan fingerprint density at radius 3 is 2.33 bits per heavy atom. The van der Waals surface area contributed by atoms with Gasteiger partial charge in [0.05, 0.1) is 13.9 Å². The van der Waals surface area contributed by atoms with E-state index in [9.17, 15) is 9.18 Å². The normalized spacial score (nSPS) is 16.7. The molecule has 1 fully saturated rings. The van der Waals surface area contributed by atoms with Crippen LogP contribution in [0.15, 0.2) is 74.5 Å². The molecule has 33 heavy (non-hydrogen) atoms. The largest absolute Gasteiger partial charge is 0.487 e. The Morgan fingerprint density at radius 1 is 1.06 bits per heavy atom. The molecule has 3 aromatic carbocycles. The molecular formula is C25H21Br2FN2O2S. The van der Waals surface area contributed by atoms with Crippen LogP contribution in [0.1, 0.15) is 23.6 Å². The monoisotopic (exact) mass is 590 g/mol. The van der Waals surface area contributed by atoms with Crippen molar-refractivity contribution in [1.29, 1.82) is 0 Å². The van der Waals surface area contributed by atoms with E-state index >= 15 is 0 Å². The highest BCUT2D eigenvalue weighted by molar-refractivity contribution is 9.11. The molecule has 0 spiro atoms. The summed E-state index contributed by atoms with van der Waals surface area (Å²) in [5, 5.41) is 6.29. The van der Waals surface area contributed by atoms with E-state index < -0.39 is 0 Å². The van der Waals surface area contributed by atoms with E-state index in [1.54, 1.807) is 12.1 Å². The number of nitrogens with one attached hydrogen (secondary N) is 2. The summed E-state index contributed by atoms with van der Waals surface area (Å²) >= 11 is 8.54. The fourth-order valence-corrected chi connectivity index (χ4v) is 5.68. The standard InChI is InChI=1S/C25H21Br2FN2O2S/c1-2-15-5-9-19(10-6-15)29-25-30-24(31)22(33-25)13-17-11-20(26)23(21(27)12-17)32-14-16-3-7-18(28)8-4-16/h3-13,25,29H,2,14H2,1H3,(H,30,31)/b22-13-/t25-/m0/s1. The molecule has 1 amide bonds. The Bertz CT molecular complexity index is 1160. The summed E-state index contributed by atoms with van der Waals surface area (Å²) in [5.41, 5.74) is 3.71. The molecule has 0 radical (unpaired) electrons. The van der Waals surface area contributed by atoms with Crippen molar-refractivity contribution in [1.82, 2.24) is 5.32 Å². The number of carbonyl (C=O) groups is 1. The van der Waals surface area contributed by atoms with Crippen LogP contribution in [0.5, 0.6) is 5.75 Å². The number of hydrogen-bond acceptors (Lipinski definition) is 4. The molecule has 2 N–H and O–H groups in total. The number of aryl methyl sites for hydroxylation is 1. The summed E-state index contributed by atoms with van der Waals surface area (Å²) in [7, 11) is 0. The summed E-state index contributed by atoms with van der Waals surface area (Å²) in [6.07, 6.45) is 2.84. The van der Waals surface area contributed by atoms with Gasteiger partial charge in [-0.05, 0) is 97.4 Å². The van der Waals surface area contributed by atoms with Crippen LogP contribution in [0.3, 0.4) is 0 Å². The second-order valence-corrected chi connectivity index (χ2v) is 10.3. The molecule has 4 nitrogen and oxygen atoms in total. The molecular weight excluding hydrogens is 571 g/mol. The van der Waals surface area contributed by atoms with Gasteiger partial charge in [-0.15, -0.1) is 0 Å². The number of carbonyl (C=O) groups excluding carboxylic acids is 1. The lowest BCUT2D eigenvalue weighted by atomic mass is 10.1. The first-order valence-electron chi connectivity index (χ1n) is 10.3. The first-order valence-corrected chi connectivity index (χ1v) is 12.8. The smallest absolute Gasteiger partial charge is 0.260 e. The number of anilines is 1. The van der Waals surface area contributed by atoms with Crippen LogP contribution in [-0.4, -0.2) is 11.4 Å². The molecule has 1 saturated heterocycles. The van der Waals surface area contributed by atoms with E-state index in [-0.39, 0.29) is 17.2 Å². The highest BCUT2D eigenvalue weighted by Crippen LogP contribution is 2.37. The highest BCUT2D eigenvalue weighted by atomic mass is 79.9. The molecule has 1 aliphatic heterocycles. The molecule has 0 saturated carbocycles. The molecule has 0 unspecified atom stereocenters. The number of thioether (sulfide) groups is 1. The average Bonchev–Trinajstić information content (AvgIpc) is 3.13. The lowest BCUT2D eigenvalue weighted by Gasteiger charge is -2.13. The zero-order valence-corrected chi connectivity index (χ0v) is 21.7. The maximum absolute atomic E-state index is 13.1. The van der Waals surface area contributed by atoms with Crippen molar-refractivity contribution < 1.29 is 13.9 Å². The van der Waals surface area contributed by atoms with Gasteiger partial charge in [-0.3, -0.25) is 4.79 Å². The molecule has 3 aromatic rings. The van der Waals surface area contributed by atoms with Gasteiger partial charge < -0.3 is 15.4 Å². The van der Waals surface area contributed by atoms with E-state index in [0.29, 0.717) is 17.3 Å². The van der Waals surface area contributed by atoms with Gasteiger partial charge in [0.15, 0.2) is 5.50 Å². The zero-order valence-electron chi connectivity index (χ0n) is 17.7. The molecule has 0 aromatic heterocycles. The predicted molar refractivity (Wildman–Crippen MR) is 140 cm³/mol.